The van der Waals surface area contributed by atoms with Gasteiger partial charge in [0.15, 0.2) is 0 Å². The van der Waals surface area contributed by atoms with Crippen molar-refractivity contribution in [2.75, 3.05) is 0 Å². The fourth-order valence-corrected chi connectivity index (χ4v) is 3.38. The van der Waals surface area contributed by atoms with E-state index in [1.54, 1.807) is 0 Å². The molecule has 114 valence electrons. The molecule has 0 aliphatic rings. The molecule has 1 aromatic heterocycles. The first kappa shape index (κ1) is 15.8. The van der Waals surface area contributed by atoms with Gasteiger partial charge in [-0.3, -0.25) is 0 Å². The molecule has 1 heterocycles. The number of aromatic nitrogens is 1. The Labute approximate surface area is 125 Å². The van der Waals surface area contributed by atoms with E-state index in [1.165, 1.54) is 17.8 Å². The number of nitrogens with one attached hydrogen (secondary N) is 2. The van der Waals surface area contributed by atoms with E-state index < -0.39 is 10.0 Å². The molecule has 0 saturated heterocycles. The van der Waals surface area contributed by atoms with Gasteiger partial charge < -0.3 is 10.1 Å². The van der Waals surface area contributed by atoms with Crippen LogP contribution in [0, 0.1) is 0 Å². The van der Waals surface area contributed by atoms with Gasteiger partial charge in [0.2, 0.25) is 10.0 Å². The number of hydrogen-bond acceptors (Lipinski definition) is 3. The zero-order chi connectivity index (χ0) is 15.3. The molecule has 6 heteroatoms. The minimum absolute atomic E-state index is 0.151. The molecule has 0 fully saturated rings. The average Bonchev–Trinajstić information content (AvgIpc) is 2.96. The molecule has 0 spiro atoms. The van der Waals surface area contributed by atoms with Gasteiger partial charge in [0, 0.05) is 17.9 Å². The summed E-state index contributed by atoms with van der Waals surface area (Å²) in [5.41, 5.74) is 1.67. The van der Waals surface area contributed by atoms with Crippen molar-refractivity contribution >= 4 is 10.0 Å². The molecule has 0 radical (unpaired) electrons. The third kappa shape index (κ3) is 4.42. The Morgan fingerprint density at radius 2 is 2.00 bits per heavy atom. The predicted octanol–water partition coefficient (Wildman–Crippen LogP) is 1.81. The van der Waals surface area contributed by atoms with E-state index in [9.17, 15) is 8.42 Å². The third-order valence-electron chi connectivity index (χ3n) is 3.26. The van der Waals surface area contributed by atoms with Crippen LogP contribution < -0.4 is 4.72 Å². The molecule has 0 aliphatic heterocycles. The van der Waals surface area contributed by atoms with Gasteiger partial charge in [-0.1, -0.05) is 30.3 Å². The molecule has 0 amide bonds. The lowest BCUT2D eigenvalue weighted by Gasteiger charge is -2.13. The van der Waals surface area contributed by atoms with Gasteiger partial charge in [-0.15, -0.1) is 0 Å². The van der Waals surface area contributed by atoms with Crippen molar-refractivity contribution in [2.45, 2.75) is 37.3 Å². The molecule has 21 heavy (non-hydrogen) atoms. The highest BCUT2D eigenvalue weighted by Crippen LogP contribution is 2.12. The van der Waals surface area contributed by atoms with Crippen molar-refractivity contribution in [1.82, 2.24) is 9.71 Å². The Bertz CT molecular complexity index is 665. The summed E-state index contributed by atoms with van der Waals surface area (Å²) in [4.78, 5) is 2.87. The SMILES string of the molecule is CC(CCc1ccccc1)NS(=O)(=O)c1c[nH]c(CO)c1. The van der Waals surface area contributed by atoms with E-state index in [2.05, 4.69) is 9.71 Å². The van der Waals surface area contributed by atoms with Crippen LogP contribution >= 0.6 is 0 Å². The molecule has 2 rings (SSSR count). The predicted molar refractivity (Wildman–Crippen MR) is 81.3 cm³/mol. The Balaban J connectivity index is 1.93. The molecule has 2 aromatic rings. The Morgan fingerprint density at radius 1 is 1.29 bits per heavy atom. The van der Waals surface area contributed by atoms with Crippen LogP contribution in [0.3, 0.4) is 0 Å². The fraction of sp³-hybridized carbons (Fsp3) is 0.333. The van der Waals surface area contributed by atoms with Crippen molar-refractivity contribution < 1.29 is 13.5 Å². The standard InChI is InChI=1S/C15H20N2O3S/c1-12(7-8-13-5-3-2-4-6-13)17-21(19,20)15-9-14(11-18)16-10-15/h2-6,9-10,12,16-18H,7-8,11H2,1H3. The number of benzene rings is 1. The molecule has 5 nitrogen and oxygen atoms in total. The number of rotatable bonds is 7. The summed E-state index contributed by atoms with van der Waals surface area (Å²) >= 11 is 0. The molecule has 1 aromatic carbocycles. The quantitative estimate of drug-likeness (QED) is 0.729. The number of aryl methyl sites for hydroxylation is 1. The summed E-state index contributed by atoms with van der Waals surface area (Å²) in [7, 11) is -3.55. The van der Waals surface area contributed by atoms with Crippen LogP contribution in [0.5, 0.6) is 0 Å². The normalized spacial score (nSPS) is 13.2. The topological polar surface area (TPSA) is 82.2 Å². The first-order valence-corrected chi connectivity index (χ1v) is 8.34. The largest absolute Gasteiger partial charge is 0.390 e. The summed E-state index contributed by atoms with van der Waals surface area (Å²) in [5.74, 6) is 0. The van der Waals surface area contributed by atoms with Crippen LogP contribution in [0.1, 0.15) is 24.6 Å². The second kappa shape index (κ2) is 6.89. The number of aliphatic hydroxyl groups excluding tert-OH is 1. The zero-order valence-electron chi connectivity index (χ0n) is 11.9. The van der Waals surface area contributed by atoms with E-state index in [-0.39, 0.29) is 17.5 Å². The number of H-pyrrole nitrogens is 1. The van der Waals surface area contributed by atoms with E-state index in [1.807, 2.05) is 37.3 Å². The van der Waals surface area contributed by atoms with Crippen LogP contribution in [0.25, 0.3) is 0 Å². The van der Waals surface area contributed by atoms with Crippen molar-refractivity contribution in [3.8, 4) is 0 Å². The highest BCUT2D eigenvalue weighted by atomic mass is 32.2. The first-order valence-electron chi connectivity index (χ1n) is 6.85. The Kier molecular flexibility index (Phi) is 5.17. The average molecular weight is 308 g/mol. The molecule has 1 atom stereocenters. The molecular weight excluding hydrogens is 288 g/mol. The molecule has 0 bridgehead atoms. The maximum absolute atomic E-state index is 12.2. The summed E-state index contributed by atoms with van der Waals surface area (Å²) in [6, 6.07) is 11.2. The third-order valence-corrected chi connectivity index (χ3v) is 4.83. The van der Waals surface area contributed by atoms with Gasteiger partial charge in [-0.05, 0) is 31.4 Å². The number of aromatic amines is 1. The van der Waals surface area contributed by atoms with Gasteiger partial charge in [0.1, 0.15) is 0 Å². The summed E-state index contributed by atoms with van der Waals surface area (Å²) < 4.78 is 27.0. The van der Waals surface area contributed by atoms with Crippen molar-refractivity contribution in [1.29, 1.82) is 0 Å². The second-order valence-corrected chi connectivity index (χ2v) is 6.78. The van der Waals surface area contributed by atoms with Crippen LogP contribution in [-0.4, -0.2) is 24.6 Å². The lowest BCUT2D eigenvalue weighted by Crippen LogP contribution is -2.32. The molecule has 0 saturated carbocycles. The highest BCUT2D eigenvalue weighted by molar-refractivity contribution is 7.89. The minimum Gasteiger partial charge on any atom is -0.390 e. The van der Waals surface area contributed by atoms with E-state index >= 15 is 0 Å². The smallest absolute Gasteiger partial charge is 0.242 e. The second-order valence-electron chi connectivity index (χ2n) is 5.07. The maximum atomic E-state index is 12.2. The summed E-state index contributed by atoms with van der Waals surface area (Å²) in [5, 5.41) is 8.96. The molecular formula is C15H20N2O3S. The maximum Gasteiger partial charge on any atom is 0.242 e. The van der Waals surface area contributed by atoms with Crippen LogP contribution in [-0.2, 0) is 23.1 Å². The summed E-state index contributed by atoms with van der Waals surface area (Å²) in [6.07, 6.45) is 2.93. The van der Waals surface area contributed by atoms with E-state index in [4.69, 9.17) is 5.11 Å². The van der Waals surface area contributed by atoms with E-state index in [0.717, 1.165) is 12.8 Å². The number of hydrogen-bond donors (Lipinski definition) is 3. The van der Waals surface area contributed by atoms with Gasteiger partial charge in [-0.2, -0.15) is 0 Å². The van der Waals surface area contributed by atoms with Crippen molar-refractivity contribution in [3.63, 3.8) is 0 Å². The first-order chi connectivity index (χ1) is 10.0. The van der Waals surface area contributed by atoms with Crippen LogP contribution in [0.4, 0.5) is 0 Å². The lowest BCUT2D eigenvalue weighted by atomic mass is 10.1. The van der Waals surface area contributed by atoms with Crippen molar-refractivity contribution in [2.24, 2.45) is 0 Å². The number of sulfonamides is 1. The summed E-state index contributed by atoms with van der Waals surface area (Å²) in [6.45, 7) is 1.64. The van der Waals surface area contributed by atoms with Gasteiger partial charge in [-0.25, -0.2) is 13.1 Å². The number of aliphatic hydroxyl groups is 1. The van der Waals surface area contributed by atoms with Crippen LogP contribution in [0.15, 0.2) is 47.5 Å². The Hall–Kier alpha value is -1.63. The monoisotopic (exact) mass is 308 g/mol. The van der Waals surface area contributed by atoms with Gasteiger partial charge in [0.25, 0.3) is 0 Å². The van der Waals surface area contributed by atoms with Gasteiger partial charge >= 0.3 is 0 Å². The van der Waals surface area contributed by atoms with Crippen molar-refractivity contribution in [3.05, 3.63) is 53.9 Å². The minimum atomic E-state index is -3.55. The van der Waals surface area contributed by atoms with E-state index in [0.29, 0.717) is 5.69 Å². The molecule has 0 aliphatic carbocycles. The molecule has 3 N–H and O–H groups in total. The van der Waals surface area contributed by atoms with Crippen LogP contribution in [0.2, 0.25) is 0 Å². The lowest BCUT2D eigenvalue weighted by molar-refractivity contribution is 0.277. The highest BCUT2D eigenvalue weighted by Gasteiger charge is 2.18. The van der Waals surface area contributed by atoms with Gasteiger partial charge in [0.05, 0.1) is 11.5 Å². The zero-order valence-corrected chi connectivity index (χ0v) is 12.7. The Morgan fingerprint density at radius 3 is 2.62 bits per heavy atom. The fourth-order valence-electron chi connectivity index (χ4n) is 2.08. The molecule has 1 unspecified atom stereocenters.